The summed E-state index contributed by atoms with van der Waals surface area (Å²) >= 11 is 0. The highest BCUT2D eigenvalue weighted by Crippen LogP contribution is 2.20. The monoisotopic (exact) mass is 390 g/mol. The van der Waals surface area contributed by atoms with Gasteiger partial charge >= 0.3 is 0 Å². The number of piperidine rings is 1. The van der Waals surface area contributed by atoms with Gasteiger partial charge in [-0.2, -0.15) is 0 Å². The molecular weight excluding hydrogens is 367 g/mol. The lowest BCUT2D eigenvalue weighted by Crippen LogP contribution is -2.30. The second-order valence-corrected chi connectivity index (χ2v) is 6.41. The summed E-state index contributed by atoms with van der Waals surface area (Å²) in [5.41, 5.74) is 1.45. The van der Waals surface area contributed by atoms with Crippen LogP contribution < -0.4 is 15.4 Å². The zero-order chi connectivity index (χ0) is 18.2. The normalized spacial score (nSPS) is 14.6. The van der Waals surface area contributed by atoms with E-state index in [2.05, 4.69) is 10.6 Å². The quantitative estimate of drug-likeness (QED) is 0.724. The number of hydrogen-bond donors (Lipinski definition) is 2. The molecule has 1 saturated heterocycles. The molecule has 6 heteroatoms. The number of carbonyl (C=O) groups is 1. The fourth-order valence-electron chi connectivity index (χ4n) is 2.86. The van der Waals surface area contributed by atoms with Gasteiger partial charge in [0.05, 0.1) is 6.61 Å². The lowest BCUT2D eigenvalue weighted by molar-refractivity contribution is -0.111. The molecule has 0 atom stereocenters. The van der Waals surface area contributed by atoms with Crippen LogP contribution >= 0.6 is 12.4 Å². The van der Waals surface area contributed by atoms with Crippen LogP contribution in [0.3, 0.4) is 0 Å². The van der Waals surface area contributed by atoms with Gasteiger partial charge in [0, 0.05) is 17.8 Å². The zero-order valence-corrected chi connectivity index (χ0v) is 15.8. The van der Waals surface area contributed by atoms with Crippen LogP contribution in [-0.4, -0.2) is 25.6 Å². The Morgan fingerprint density at radius 2 is 1.93 bits per heavy atom. The number of ether oxygens (including phenoxy) is 1. The molecule has 2 aromatic rings. The molecule has 1 heterocycles. The van der Waals surface area contributed by atoms with E-state index in [9.17, 15) is 9.18 Å². The van der Waals surface area contributed by atoms with E-state index in [1.54, 1.807) is 18.2 Å². The van der Waals surface area contributed by atoms with Gasteiger partial charge in [-0.1, -0.05) is 18.2 Å². The largest absolute Gasteiger partial charge is 0.493 e. The minimum absolute atomic E-state index is 0. The van der Waals surface area contributed by atoms with Crippen LogP contribution in [-0.2, 0) is 4.79 Å². The van der Waals surface area contributed by atoms with Crippen molar-refractivity contribution in [2.45, 2.75) is 12.8 Å². The van der Waals surface area contributed by atoms with Gasteiger partial charge in [-0.05, 0) is 67.8 Å². The number of anilines is 1. The maximum Gasteiger partial charge on any atom is 0.248 e. The molecule has 0 bridgehead atoms. The Morgan fingerprint density at radius 1 is 1.19 bits per heavy atom. The SMILES string of the molecule is Cl.O=C(/C=C/c1ccc(F)cc1)Nc1cccc(OCC2CCNCC2)c1. The third kappa shape index (κ3) is 7.04. The van der Waals surface area contributed by atoms with Crippen LogP contribution in [0, 0.1) is 11.7 Å². The molecule has 144 valence electrons. The van der Waals surface area contributed by atoms with Crippen molar-refractivity contribution >= 4 is 30.1 Å². The third-order valence-corrected chi connectivity index (χ3v) is 4.34. The highest BCUT2D eigenvalue weighted by atomic mass is 35.5. The number of rotatable bonds is 6. The highest BCUT2D eigenvalue weighted by molar-refractivity contribution is 6.02. The van der Waals surface area contributed by atoms with Crippen molar-refractivity contribution in [1.82, 2.24) is 5.32 Å². The topological polar surface area (TPSA) is 50.4 Å². The first-order valence-electron chi connectivity index (χ1n) is 8.87. The van der Waals surface area contributed by atoms with Gasteiger partial charge in [-0.3, -0.25) is 4.79 Å². The summed E-state index contributed by atoms with van der Waals surface area (Å²) in [6, 6.07) is 13.4. The number of hydrogen-bond acceptors (Lipinski definition) is 3. The van der Waals surface area contributed by atoms with Crippen LogP contribution in [0.25, 0.3) is 6.08 Å². The molecule has 0 saturated carbocycles. The van der Waals surface area contributed by atoms with Gasteiger partial charge in [-0.25, -0.2) is 4.39 Å². The summed E-state index contributed by atoms with van der Waals surface area (Å²) in [6.07, 6.45) is 5.33. The minimum Gasteiger partial charge on any atom is -0.493 e. The van der Waals surface area contributed by atoms with Crippen molar-refractivity contribution in [1.29, 1.82) is 0 Å². The van der Waals surface area contributed by atoms with Crippen molar-refractivity contribution in [3.8, 4) is 5.75 Å². The molecule has 0 radical (unpaired) electrons. The number of halogens is 2. The number of benzene rings is 2. The van der Waals surface area contributed by atoms with E-state index in [1.807, 2.05) is 24.3 Å². The summed E-state index contributed by atoms with van der Waals surface area (Å²) in [5, 5.41) is 6.15. The Morgan fingerprint density at radius 3 is 2.67 bits per heavy atom. The molecule has 1 aliphatic rings. The molecule has 0 aromatic heterocycles. The van der Waals surface area contributed by atoms with E-state index in [-0.39, 0.29) is 24.1 Å². The van der Waals surface area contributed by atoms with Crippen molar-refractivity contribution in [2.75, 3.05) is 25.0 Å². The van der Waals surface area contributed by atoms with Crippen LogP contribution in [0.5, 0.6) is 5.75 Å². The Kier molecular flexibility index (Phi) is 8.30. The van der Waals surface area contributed by atoms with Crippen molar-refractivity contribution < 1.29 is 13.9 Å². The maximum atomic E-state index is 12.9. The molecule has 0 spiro atoms. The lowest BCUT2D eigenvalue weighted by atomic mass is 9.99. The summed E-state index contributed by atoms with van der Waals surface area (Å²) in [5.74, 6) is 0.787. The first kappa shape index (κ1) is 20.9. The molecule has 1 aliphatic heterocycles. The van der Waals surface area contributed by atoms with Gasteiger partial charge in [0.2, 0.25) is 5.91 Å². The predicted molar refractivity (Wildman–Crippen MR) is 109 cm³/mol. The van der Waals surface area contributed by atoms with Crippen LogP contribution in [0.2, 0.25) is 0 Å². The van der Waals surface area contributed by atoms with E-state index < -0.39 is 0 Å². The predicted octanol–water partition coefficient (Wildman–Crippen LogP) is 4.28. The first-order chi connectivity index (χ1) is 12.7. The standard InChI is InChI=1S/C21H23FN2O2.ClH/c22-18-7-4-16(5-8-18)6-9-21(25)24-19-2-1-3-20(14-19)26-15-17-10-12-23-13-11-17;/h1-9,14,17,23H,10-13,15H2,(H,24,25);1H/b9-6+;. The number of carbonyl (C=O) groups excluding carboxylic acids is 1. The number of amides is 1. The Balaban J connectivity index is 0.00000261. The molecule has 3 rings (SSSR count). The molecule has 1 amide bonds. The Labute approximate surface area is 165 Å². The summed E-state index contributed by atoms with van der Waals surface area (Å²) in [7, 11) is 0. The van der Waals surface area contributed by atoms with Crippen molar-refractivity contribution in [2.24, 2.45) is 5.92 Å². The Bertz CT molecular complexity index is 759. The van der Waals surface area contributed by atoms with E-state index in [1.165, 1.54) is 18.2 Å². The summed E-state index contributed by atoms with van der Waals surface area (Å²) in [6.45, 7) is 2.79. The van der Waals surface area contributed by atoms with Gasteiger partial charge in [0.25, 0.3) is 0 Å². The van der Waals surface area contributed by atoms with E-state index in [0.29, 0.717) is 18.2 Å². The Hall–Kier alpha value is -2.37. The molecule has 2 aromatic carbocycles. The minimum atomic E-state index is -0.298. The van der Waals surface area contributed by atoms with Gasteiger partial charge < -0.3 is 15.4 Å². The van der Waals surface area contributed by atoms with Crippen LogP contribution in [0.1, 0.15) is 18.4 Å². The smallest absolute Gasteiger partial charge is 0.248 e. The van der Waals surface area contributed by atoms with Crippen LogP contribution in [0.15, 0.2) is 54.6 Å². The number of nitrogens with one attached hydrogen (secondary N) is 2. The van der Waals surface area contributed by atoms with Crippen molar-refractivity contribution in [3.63, 3.8) is 0 Å². The zero-order valence-electron chi connectivity index (χ0n) is 15.0. The fourth-order valence-corrected chi connectivity index (χ4v) is 2.86. The molecule has 4 nitrogen and oxygen atoms in total. The second kappa shape index (κ2) is 10.7. The summed E-state index contributed by atoms with van der Waals surface area (Å²) < 4.78 is 18.7. The third-order valence-electron chi connectivity index (χ3n) is 4.34. The summed E-state index contributed by atoms with van der Waals surface area (Å²) in [4.78, 5) is 12.0. The van der Waals surface area contributed by atoms with Crippen LogP contribution in [0.4, 0.5) is 10.1 Å². The molecule has 2 N–H and O–H groups in total. The lowest BCUT2D eigenvalue weighted by Gasteiger charge is -2.22. The van der Waals surface area contributed by atoms with Gasteiger partial charge in [0.1, 0.15) is 11.6 Å². The van der Waals surface area contributed by atoms with Gasteiger partial charge in [-0.15, -0.1) is 12.4 Å². The fraction of sp³-hybridized carbons (Fsp3) is 0.286. The highest BCUT2D eigenvalue weighted by Gasteiger charge is 2.13. The van der Waals surface area contributed by atoms with E-state index in [0.717, 1.165) is 37.2 Å². The maximum absolute atomic E-state index is 12.9. The molecule has 0 aliphatic carbocycles. The van der Waals surface area contributed by atoms with E-state index >= 15 is 0 Å². The second-order valence-electron chi connectivity index (χ2n) is 6.41. The van der Waals surface area contributed by atoms with E-state index in [4.69, 9.17) is 4.74 Å². The molecular formula is C21H24ClFN2O2. The first-order valence-corrected chi connectivity index (χ1v) is 8.87. The molecule has 27 heavy (non-hydrogen) atoms. The average molecular weight is 391 g/mol. The van der Waals surface area contributed by atoms with Crippen molar-refractivity contribution in [3.05, 3.63) is 66.0 Å². The molecule has 0 unspecified atom stereocenters. The average Bonchev–Trinajstić information content (AvgIpc) is 2.67. The van der Waals surface area contributed by atoms with Gasteiger partial charge in [0.15, 0.2) is 0 Å². The molecule has 1 fully saturated rings.